The molecule has 0 radical (unpaired) electrons. The molecule has 156 valence electrons. The zero-order valence-electron chi connectivity index (χ0n) is 17.1. The van der Waals surface area contributed by atoms with Crippen molar-refractivity contribution in [3.63, 3.8) is 0 Å². The number of ether oxygens (including phenoxy) is 1. The molecule has 0 atom stereocenters. The molecule has 1 amide bonds. The number of benzene rings is 2. The number of nitrogens with one attached hydrogen (secondary N) is 1. The normalized spacial score (nSPS) is 15.3. The zero-order valence-corrected chi connectivity index (χ0v) is 18.7. The van der Waals surface area contributed by atoms with Gasteiger partial charge in [0.15, 0.2) is 5.88 Å². The third-order valence-electron chi connectivity index (χ3n) is 4.85. The van der Waals surface area contributed by atoms with E-state index in [1.165, 1.54) is 0 Å². The van der Waals surface area contributed by atoms with Crippen LogP contribution in [0.5, 0.6) is 5.88 Å². The zero-order chi connectivity index (χ0) is 21.5. The first-order valence-corrected chi connectivity index (χ1v) is 10.6. The van der Waals surface area contributed by atoms with Crippen molar-refractivity contribution >= 4 is 38.6 Å². The molecule has 0 unspecified atom stereocenters. The maximum absolute atomic E-state index is 12.2. The summed E-state index contributed by atoms with van der Waals surface area (Å²) >= 11 is 3.51. The number of fused-ring (bicyclic) bond motifs is 1. The number of nitrogens with zero attached hydrogens (tertiary/aromatic N) is 2. The van der Waals surface area contributed by atoms with E-state index in [9.17, 15) is 9.90 Å². The smallest absolute Gasteiger partial charge is 0.410 e. The van der Waals surface area contributed by atoms with Crippen LogP contribution in [0.1, 0.15) is 31.9 Å². The number of likely N-dealkylation sites (tertiary alicyclic amines) is 1. The van der Waals surface area contributed by atoms with Gasteiger partial charge in [-0.2, -0.15) is 0 Å². The number of hydrogen-bond acceptors (Lipinski definition) is 4. The molecule has 6 nitrogen and oxygen atoms in total. The second kappa shape index (κ2) is 7.80. The lowest BCUT2D eigenvalue weighted by molar-refractivity contribution is 0.00907. The Labute approximate surface area is 183 Å². The van der Waals surface area contributed by atoms with Gasteiger partial charge < -0.3 is 19.7 Å². The molecule has 1 aromatic heterocycles. The predicted molar refractivity (Wildman–Crippen MR) is 121 cm³/mol. The number of halogens is 1. The van der Waals surface area contributed by atoms with Crippen molar-refractivity contribution in [2.45, 2.75) is 32.4 Å². The van der Waals surface area contributed by atoms with Crippen LogP contribution >= 0.6 is 15.9 Å². The Morgan fingerprint density at radius 2 is 1.90 bits per heavy atom. The summed E-state index contributed by atoms with van der Waals surface area (Å²) in [5.74, 6) is 0.0778. The summed E-state index contributed by atoms with van der Waals surface area (Å²) in [7, 11) is 0. The Balaban J connectivity index is 1.68. The van der Waals surface area contributed by atoms with E-state index in [0.29, 0.717) is 24.4 Å². The molecule has 0 bridgehead atoms. The molecule has 0 aliphatic carbocycles. The summed E-state index contributed by atoms with van der Waals surface area (Å²) in [6.45, 7) is 6.53. The highest BCUT2D eigenvalue weighted by molar-refractivity contribution is 9.10. The lowest BCUT2D eigenvalue weighted by Crippen LogP contribution is -2.54. The number of carbonyl (C=O) groups excluding carboxylic acids is 1. The summed E-state index contributed by atoms with van der Waals surface area (Å²) in [5, 5.41) is 11.6. The first-order valence-electron chi connectivity index (χ1n) is 9.83. The van der Waals surface area contributed by atoms with Gasteiger partial charge >= 0.3 is 6.09 Å². The van der Waals surface area contributed by atoms with Gasteiger partial charge in [-0.25, -0.2) is 4.79 Å². The van der Waals surface area contributed by atoms with Crippen LogP contribution in [-0.4, -0.2) is 51.5 Å². The molecule has 1 fully saturated rings. The number of rotatable bonds is 3. The SMILES string of the molecule is CC(C)(C)OC(=O)N1CC(N=C(c2ccccc2)c2c(O)[nH]c3ccc(Br)cc23)C1. The third kappa shape index (κ3) is 4.21. The lowest BCUT2D eigenvalue weighted by Gasteiger charge is -2.38. The van der Waals surface area contributed by atoms with Crippen LogP contribution < -0.4 is 0 Å². The minimum absolute atomic E-state index is 0.0655. The van der Waals surface area contributed by atoms with Gasteiger partial charge in [0.05, 0.1) is 17.3 Å². The lowest BCUT2D eigenvalue weighted by atomic mass is 10.00. The molecule has 0 saturated carbocycles. The first-order chi connectivity index (χ1) is 14.2. The summed E-state index contributed by atoms with van der Waals surface area (Å²) in [5.41, 5.74) is 2.58. The fraction of sp³-hybridized carbons (Fsp3) is 0.304. The molecule has 4 rings (SSSR count). The average molecular weight is 470 g/mol. The predicted octanol–water partition coefficient (Wildman–Crippen LogP) is 5.09. The van der Waals surface area contributed by atoms with Gasteiger partial charge in [0.2, 0.25) is 0 Å². The number of carbonyl (C=O) groups is 1. The molecule has 2 heterocycles. The largest absolute Gasteiger partial charge is 0.494 e. The second-order valence-electron chi connectivity index (χ2n) is 8.42. The minimum Gasteiger partial charge on any atom is -0.494 e. The van der Waals surface area contributed by atoms with Crippen molar-refractivity contribution in [3.05, 3.63) is 64.1 Å². The number of aromatic amines is 1. The number of hydrogen-bond donors (Lipinski definition) is 2. The Morgan fingerprint density at radius 1 is 1.20 bits per heavy atom. The van der Waals surface area contributed by atoms with Crippen molar-refractivity contribution in [2.75, 3.05) is 13.1 Å². The summed E-state index contributed by atoms with van der Waals surface area (Å²) in [6, 6.07) is 15.5. The quantitative estimate of drug-likeness (QED) is 0.524. The van der Waals surface area contributed by atoms with Crippen LogP contribution in [0.25, 0.3) is 10.9 Å². The minimum atomic E-state index is -0.524. The van der Waals surface area contributed by atoms with Crippen molar-refractivity contribution in [3.8, 4) is 5.88 Å². The number of H-pyrrole nitrogens is 1. The van der Waals surface area contributed by atoms with E-state index in [1.807, 2.05) is 69.3 Å². The van der Waals surface area contributed by atoms with Crippen LogP contribution in [0.15, 0.2) is 58.0 Å². The Hall–Kier alpha value is -2.80. The van der Waals surface area contributed by atoms with Gasteiger partial charge in [-0.05, 0) is 39.0 Å². The van der Waals surface area contributed by atoms with E-state index in [2.05, 4.69) is 20.9 Å². The van der Waals surface area contributed by atoms with Crippen LogP contribution in [-0.2, 0) is 4.74 Å². The van der Waals surface area contributed by atoms with Crippen LogP contribution in [0, 0.1) is 0 Å². The topological polar surface area (TPSA) is 77.9 Å². The van der Waals surface area contributed by atoms with Gasteiger partial charge in [0, 0.05) is 34.0 Å². The standard InChI is InChI=1S/C23H24BrN3O3/c1-23(2,3)30-22(29)27-12-16(13-27)25-20(14-7-5-4-6-8-14)19-17-11-15(24)9-10-18(17)26-21(19)28/h4-11,16,26,28H,12-13H2,1-3H3. The van der Waals surface area contributed by atoms with E-state index >= 15 is 0 Å². The van der Waals surface area contributed by atoms with Crippen molar-refractivity contribution in [1.29, 1.82) is 0 Å². The molecule has 3 aromatic rings. The summed E-state index contributed by atoms with van der Waals surface area (Å²) in [4.78, 5) is 21.9. The summed E-state index contributed by atoms with van der Waals surface area (Å²) in [6.07, 6.45) is -0.325. The third-order valence-corrected chi connectivity index (χ3v) is 5.34. The van der Waals surface area contributed by atoms with Crippen LogP contribution in [0.2, 0.25) is 0 Å². The molecule has 2 aromatic carbocycles. The van der Waals surface area contributed by atoms with Crippen LogP contribution in [0.3, 0.4) is 0 Å². The number of aliphatic imine (C=N–C) groups is 1. The van der Waals surface area contributed by atoms with Gasteiger partial charge in [-0.15, -0.1) is 0 Å². The van der Waals surface area contributed by atoms with Gasteiger partial charge in [-0.1, -0.05) is 46.3 Å². The van der Waals surface area contributed by atoms with Gasteiger partial charge in [0.25, 0.3) is 0 Å². The fourth-order valence-corrected chi connectivity index (χ4v) is 3.83. The Kier molecular flexibility index (Phi) is 5.32. The average Bonchev–Trinajstić information content (AvgIpc) is 2.95. The Bertz CT molecular complexity index is 1110. The van der Waals surface area contributed by atoms with E-state index < -0.39 is 5.60 Å². The molecule has 7 heteroatoms. The van der Waals surface area contributed by atoms with Crippen molar-refractivity contribution in [1.82, 2.24) is 9.88 Å². The van der Waals surface area contributed by atoms with Gasteiger partial charge in [-0.3, -0.25) is 4.99 Å². The highest BCUT2D eigenvalue weighted by Crippen LogP contribution is 2.32. The van der Waals surface area contributed by atoms with E-state index in [-0.39, 0.29) is 18.0 Å². The molecule has 1 saturated heterocycles. The Morgan fingerprint density at radius 3 is 2.57 bits per heavy atom. The molecule has 1 aliphatic rings. The monoisotopic (exact) mass is 469 g/mol. The molecular weight excluding hydrogens is 446 g/mol. The molecule has 2 N–H and O–H groups in total. The number of aromatic nitrogens is 1. The van der Waals surface area contributed by atoms with E-state index in [4.69, 9.17) is 9.73 Å². The van der Waals surface area contributed by atoms with E-state index in [1.54, 1.807) is 4.90 Å². The molecule has 1 aliphatic heterocycles. The molecular formula is C23H24BrN3O3. The van der Waals surface area contributed by atoms with Crippen molar-refractivity contribution < 1.29 is 14.6 Å². The second-order valence-corrected chi connectivity index (χ2v) is 9.34. The maximum atomic E-state index is 12.2. The van der Waals surface area contributed by atoms with Crippen LogP contribution in [0.4, 0.5) is 4.79 Å². The highest BCUT2D eigenvalue weighted by Gasteiger charge is 2.34. The maximum Gasteiger partial charge on any atom is 0.410 e. The molecule has 30 heavy (non-hydrogen) atoms. The molecule has 0 spiro atoms. The fourth-order valence-electron chi connectivity index (χ4n) is 3.46. The number of aromatic hydroxyl groups is 1. The van der Waals surface area contributed by atoms with Crippen molar-refractivity contribution in [2.24, 2.45) is 4.99 Å². The summed E-state index contributed by atoms with van der Waals surface area (Å²) < 4.78 is 6.35. The van der Waals surface area contributed by atoms with E-state index in [0.717, 1.165) is 20.9 Å². The number of amides is 1. The first kappa shape index (κ1) is 20.5. The van der Waals surface area contributed by atoms with Gasteiger partial charge in [0.1, 0.15) is 5.60 Å². The highest BCUT2D eigenvalue weighted by atomic mass is 79.9.